The summed E-state index contributed by atoms with van der Waals surface area (Å²) in [5, 5.41) is 6.50. The van der Waals surface area contributed by atoms with Crippen LogP contribution in [-0.2, 0) is 0 Å². The van der Waals surface area contributed by atoms with Gasteiger partial charge in [-0.25, -0.2) is 5.90 Å². The summed E-state index contributed by atoms with van der Waals surface area (Å²) in [7, 11) is 0. The molecule has 2 nitrogen and oxygen atoms in total. The van der Waals surface area contributed by atoms with Gasteiger partial charge in [-0.15, -0.1) is 0 Å². The third-order valence-corrected chi connectivity index (χ3v) is 2.67. The molecule has 3 N–H and O–H groups in total. The van der Waals surface area contributed by atoms with Crippen LogP contribution in [0, 0.1) is 0 Å². The number of benzene rings is 2. The Labute approximate surface area is 88.9 Å². The lowest BCUT2D eigenvalue weighted by Crippen LogP contribution is -1.78. The topological polar surface area (TPSA) is 46.2 Å². The Kier molecular flexibility index (Phi) is 2.81. The summed E-state index contributed by atoms with van der Waals surface area (Å²) in [5.41, 5.74) is 4.41. The highest BCUT2D eigenvalue weighted by Crippen LogP contribution is 2.47. The second kappa shape index (κ2) is 4.26. The van der Waals surface area contributed by atoms with E-state index in [9.17, 15) is 0 Å². The van der Waals surface area contributed by atoms with Gasteiger partial charge in [0.1, 0.15) is 0 Å². The highest BCUT2D eigenvalue weighted by Gasteiger charge is 2.32. The normalized spacial score (nSPS) is 12.4. The van der Waals surface area contributed by atoms with Crippen molar-refractivity contribution in [2.45, 2.75) is 5.92 Å². The lowest BCUT2D eigenvalue weighted by atomic mass is 10.1. The van der Waals surface area contributed by atoms with E-state index in [0.717, 1.165) is 0 Å². The van der Waals surface area contributed by atoms with E-state index in [4.69, 9.17) is 5.21 Å². The monoisotopic (exact) mass is 199 g/mol. The summed E-state index contributed by atoms with van der Waals surface area (Å²) >= 11 is 0. The van der Waals surface area contributed by atoms with Gasteiger partial charge in [0.2, 0.25) is 0 Å². The highest BCUT2D eigenvalue weighted by atomic mass is 16.4. The van der Waals surface area contributed by atoms with Crippen molar-refractivity contribution in [1.82, 2.24) is 0 Å². The van der Waals surface area contributed by atoms with E-state index >= 15 is 0 Å². The van der Waals surface area contributed by atoms with Crippen molar-refractivity contribution >= 4 is 0 Å². The molecule has 0 atom stereocenters. The molecule has 0 amide bonds. The van der Waals surface area contributed by atoms with Crippen molar-refractivity contribution in [3.63, 3.8) is 0 Å². The first-order valence-electron chi connectivity index (χ1n) is 4.86. The van der Waals surface area contributed by atoms with Crippen LogP contribution >= 0.6 is 0 Å². The summed E-state index contributed by atoms with van der Waals surface area (Å²) in [6.07, 6.45) is 0. The van der Waals surface area contributed by atoms with Crippen molar-refractivity contribution < 1.29 is 5.21 Å². The van der Waals surface area contributed by atoms with Crippen molar-refractivity contribution in [3.05, 3.63) is 71.3 Å². The van der Waals surface area contributed by atoms with Gasteiger partial charge in [0.05, 0.1) is 0 Å². The van der Waals surface area contributed by atoms with Crippen LogP contribution in [0.5, 0.6) is 0 Å². The average molecular weight is 199 g/mol. The molecule has 0 aromatic heterocycles. The van der Waals surface area contributed by atoms with E-state index in [1.807, 2.05) is 0 Å². The number of nitrogens with two attached hydrogens (primary N) is 1. The van der Waals surface area contributed by atoms with Crippen molar-refractivity contribution in [2.75, 3.05) is 0 Å². The van der Waals surface area contributed by atoms with Gasteiger partial charge in [0, 0.05) is 5.92 Å². The van der Waals surface area contributed by atoms with Crippen LogP contribution in [0.2, 0.25) is 0 Å². The number of rotatable bonds is 1. The van der Waals surface area contributed by atoms with E-state index in [1.165, 1.54) is 16.7 Å². The molecule has 15 heavy (non-hydrogen) atoms. The molecule has 2 aromatic carbocycles. The minimum atomic E-state index is 0.594. The van der Waals surface area contributed by atoms with Crippen LogP contribution in [0.25, 0.3) is 0 Å². The van der Waals surface area contributed by atoms with E-state index in [-0.39, 0.29) is 0 Å². The fourth-order valence-electron chi connectivity index (χ4n) is 1.96. The maximum absolute atomic E-state index is 6.50. The van der Waals surface area contributed by atoms with Gasteiger partial charge in [0.15, 0.2) is 0 Å². The molecule has 0 unspecified atom stereocenters. The fourth-order valence-corrected chi connectivity index (χ4v) is 1.96. The van der Waals surface area contributed by atoms with Crippen LogP contribution in [0.3, 0.4) is 0 Å². The smallest absolute Gasteiger partial charge is 0.0346 e. The maximum Gasteiger partial charge on any atom is 0.0346 e. The summed E-state index contributed by atoms with van der Waals surface area (Å²) < 4.78 is 0. The Morgan fingerprint density at radius 1 is 0.733 bits per heavy atom. The van der Waals surface area contributed by atoms with Gasteiger partial charge in [-0.2, -0.15) is 0 Å². The summed E-state index contributed by atoms with van der Waals surface area (Å²) in [4.78, 5) is 0. The summed E-state index contributed by atoms with van der Waals surface area (Å²) in [6.45, 7) is 0. The lowest BCUT2D eigenvalue weighted by Gasteiger charge is -1.94. The van der Waals surface area contributed by atoms with Crippen molar-refractivity contribution in [2.24, 2.45) is 5.90 Å². The zero-order chi connectivity index (χ0) is 10.7. The molecular weight excluding hydrogens is 186 g/mol. The highest BCUT2D eigenvalue weighted by molar-refractivity contribution is 5.59. The second-order valence-corrected chi connectivity index (χ2v) is 3.47. The second-order valence-electron chi connectivity index (χ2n) is 3.47. The predicted octanol–water partition coefficient (Wildman–Crippen LogP) is 2.51. The number of fused-ring (bicyclic) bond motifs is 1. The molecule has 1 aliphatic rings. The number of hydrogen-bond acceptors (Lipinski definition) is 2. The van der Waals surface area contributed by atoms with Gasteiger partial charge in [-0.3, -0.25) is 0 Å². The summed E-state index contributed by atoms with van der Waals surface area (Å²) in [6, 6.07) is 19.3. The molecule has 0 spiro atoms. The quantitative estimate of drug-likeness (QED) is 0.591. The van der Waals surface area contributed by atoms with Crippen molar-refractivity contribution in [1.29, 1.82) is 0 Å². The lowest BCUT2D eigenvalue weighted by molar-refractivity contribution is 0.311. The van der Waals surface area contributed by atoms with Gasteiger partial charge < -0.3 is 5.21 Å². The Balaban J connectivity index is 0.000000404. The molecule has 0 fully saturated rings. The largest absolute Gasteiger partial charge is 0.320 e. The van der Waals surface area contributed by atoms with Crippen LogP contribution < -0.4 is 5.90 Å². The number of hydrogen-bond donors (Lipinski definition) is 2. The molecule has 0 heterocycles. The zero-order valence-electron chi connectivity index (χ0n) is 8.30. The third-order valence-electron chi connectivity index (χ3n) is 2.67. The minimum absolute atomic E-state index is 0.594. The maximum atomic E-state index is 6.50. The zero-order valence-corrected chi connectivity index (χ0v) is 8.30. The Hall–Kier alpha value is -1.64. The SMILES string of the molecule is NO.c1ccc(C2c3ccccc32)cc1. The molecule has 2 aromatic rings. The first-order valence-corrected chi connectivity index (χ1v) is 4.86. The third kappa shape index (κ3) is 1.77. The molecule has 0 bridgehead atoms. The Morgan fingerprint density at radius 2 is 1.20 bits per heavy atom. The summed E-state index contributed by atoms with van der Waals surface area (Å²) in [5.74, 6) is 4.09. The van der Waals surface area contributed by atoms with Crippen LogP contribution in [0.4, 0.5) is 0 Å². The van der Waals surface area contributed by atoms with Crippen LogP contribution in [-0.4, -0.2) is 5.21 Å². The standard InChI is InChI=1S/C13H10.H3NO/c1-2-6-10(7-3-1)13-11-8-4-5-9-12(11)13;1-2/h1-9,13H;2H,1H2. The molecule has 0 radical (unpaired) electrons. The van der Waals surface area contributed by atoms with E-state index in [0.29, 0.717) is 5.92 Å². The molecule has 1 aliphatic carbocycles. The molecule has 0 aliphatic heterocycles. The van der Waals surface area contributed by atoms with E-state index < -0.39 is 0 Å². The van der Waals surface area contributed by atoms with Crippen LogP contribution in [0.1, 0.15) is 22.6 Å². The Morgan fingerprint density at radius 3 is 1.73 bits per heavy atom. The molecular formula is C13H13NO. The first kappa shape index (κ1) is 9.90. The van der Waals surface area contributed by atoms with E-state index in [1.54, 1.807) is 0 Å². The van der Waals surface area contributed by atoms with Crippen LogP contribution in [0.15, 0.2) is 54.6 Å². The molecule has 2 heteroatoms. The van der Waals surface area contributed by atoms with Gasteiger partial charge in [0.25, 0.3) is 0 Å². The van der Waals surface area contributed by atoms with Gasteiger partial charge in [-0.05, 0) is 16.7 Å². The molecule has 3 rings (SSSR count). The first-order chi connectivity index (χ1) is 7.47. The molecule has 76 valence electrons. The Bertz CT molecular complexity index is 416. The van der Waals surface area contributed by atoms with E-state index in [2.05, 4.69) is 60.5 Å². The average Bonchev–Trinajstić information content (AvgIpc) is 3.07. The fraction of sp³-hybridized carbons (Fsp3) is 0.0769. The van der Waals surface area contributed by atoms with Gasteiger partial charge in [-0.1, -0.05) is 54.6 Å². The van der Waals surface area contributed by atoms with Gasteiger partial charge >= 0.3 is 0 Å². The minimum Gasteiger partial charge on any atom is -0.320 e. The molecule has 0 saturated heterocycles. The predicted molar refractivity (Wildman–Crippen MR) is 59.8 cm³/mol. The van der Waals surface area contributed by atoms with Crippen molar-refractivity contribution in [3.8, 4) is 0 Å². The molecule has 0 saturated carbocycles.